The molecule has 0 amide bonds. The standard InChI is InChI=1S/C8H21N3O2S/c1-4-6-9-7-5-8-14(12,13)10-11(2)3/h9-10H,4-8H2,1-3H3. The molecular weight excluding hydrogens is 202 g/mol. The van der Waals surface area contributed by atoms with Gasteiger partial charge in [-0.25, -0.2) is 13.4 Å². The van der Waals surface area contributed by atoms with Gasteiger partial charge in [-0.3, -0.25) is 0 Å². The second-order valence-corrected chi connectivity index (χ2v) is 5.23. The highest BCUT2D eigenvalue weighted by atomic mass is 32.2. The molecule has 0 saturated heterocycles. The third-order valence-electron chi connectivity index (χ3n) is 1.52. The van der Waals surface area contributed by atoms with E-state index >= 15 is 0 Å². The van der Waals surface area contributed by atoms with Gasteiger partial charge in [0.05, 0.1) is 5.75 Å². The molecule has 0 aromatic heterocycles. The summed E-state index contributed by atoms with van der Waals surface area (Å²) in [6, 6.07) is 0. The Hall–Kier alpha value is -0.170. The molecule has 0 spiro atoms. The number of hydrogen-bond donors (Lipinski definition) is 2. The fourth-order valence-electron chi connectivity index (χ4n) is 1.01. The topological polar surface area (TPSA) is 61.4 Å². The van der Waals surface area contributed by atoms with Crippen molar-refractivity contribution >= 4 is 10.0 Å². The predicted octanol–water partition coefficient (Wildman–Crippen LogP) is -0.228. The van der Waals surface area contributed by atoms with Crippen LogP contribution in [0.3, 0.4) is 0 Å². The van der Waals surface area contributed by atoms with Crippen molar-refractivity contribution in [1.82, 2.24) is 15.2 Å². The molecule has 0 aromatic rings. The van der Waals surface area contributed by atoms with E-state index in [2.05, 4.69) is 17.1 Å². The SMILES string of the molecule is CCCNCCCS(=O)(=O)NN(C)C. The van der Waals surface area contributed by atoms with Gasteiger partial charge in [-0.15, -0.1) is 4.83 Å². The third-order valence-corrected chi connectivity index (χ3v) is 2.98. The van der Waals surface area contributed by atoms with Crippen molar-refractivity contribution in [2.24, 2.45) is 0 Å². The molecule has 0 radical (unpaired) electrons. The Kier molecular flexibility index (Phi) is 7.08. The summed E-state index contributed by atoms with van der Waals surface area (Å²) >= 11 is 0. The number of nitrogens with zero attached hydrogens (tertiary/aromatic N) is 1. The van der Waals surface area contributed by atoms with E-state index in [-0.39, 0.29) is 5.75 Å². The van der Waals surface area contributed by atoms with Crippen LogP contribution in [0.2, 0.25) is 0 Å². The monoisotopic (exact) mass is 223 g/mol. The van der Waals surface area contributed by atoms with E-state index in [0.29, 0.717) is 6.42 Å². The number of rotatable bonds is 8. The second kappa shape index (κ2) is 7.17. The van der Waals surface area contributed by atoms with E-state index in [1.54, 1.807) is 14.1 Å². The molecule has 0 aliphatic carbocycles. The lowest BCUT2D eigenvalue weighted by Gasteiger charge is -2.12. The lowest BCUT2D eigenvalue weighted by atomic mass is 10.4. The molecule has 14 heavy (non-hydrogen) atoms. The van der Waals surface area contributed by atoms with E-state index in [1.807, 2.05) is 0 Å². The summed E-state index contributed by atoms with van der Waals surface area (Å²) in [5, 5.41) is 4.59. The highest BCUT2D eigenvalue weighted by Gasteiger charge is 2.09. The van der Waals surface area contributed by atoms with Crippen LogP contribution in [0.15, 0.2) is 0 Å². The average Bonchev–Trinajstić information content (AvgIpc) is 2.01. The maximum absolute atomic E-state index is 11.3. The number of sulfonamides is 1. The molecule has 0 fully saturated rings. The van der Waals surface area contributed by atoms with Crippen LogP contribution in [0, 0.1) is 0 Å². The van der Waals surface area contributed by atoms with Crippen LogP contribution in [-0.4, -0.2) is 46.4 Å². The van der Waals surface area contributed by atoms with Crippen molar-refractivity contribution in [3.05, 3.63) is 0 Å². The summed E-state index contributed by atoms with van der Waals surface area (Å²) in [6.45, 7) is 3.78. The lowest BCUT2D eigenvalue weighted by molar-refractivity contribution is 0.363. The first kappa shape index (κ1) is 13.8. The molecule has 2 N–H and O–H groups in total. The third kappa shape index (κ3) is 8.43. The Bertz CT molecular complexity index is 227. The number of nitrogens with one attached hydrogen (secondary N) is 2. The molecule has 0 aromatic carbocycles. The van der Waals surface area contributed by atoms with Gasteiger partial charge < -0.3 is 5.32 Å². The highest BCUT2D eigenvalue weighted by molar-refractivity contribution is 7.89. The van der Waals surface area contributed by atoms with Crippen LogP contribution in [0.4, 0.5) is 0 Å². The summed E-state index contributed by atoms with van der Waals surface area (Å²) in [4.78, 5) is 2.39. The summed E-state index contributed by atoms with van der Waals surface area (Å²) in [5.74, 6) is 0.169. The van der Waals surface area contributed by atoms with Crippen molar-refractivity contribution in [2.45, 2.75) is 19.8 Å². The average molecular weight is 223 g/mol. The quantitative estimate of drug-likeness (QED) is 0.441. The molecule has 0 aliphatic rings. The molecule has 0 saturated carbocycles. The van der Waals surface area contributed by atoms with Gasteiger partial charge in [-0.2, -0.15) is 0 Å². The molecule has 0 atom stereocenters. The minimum absolute atomic E-state index is 0.169. The first-order chi connectivity index (χ1) is 6.48. The zero-order valence-corrected chi connectivity index (χ0v) is 10.0. The molecule has 5 nitrogen and oxygen atoms in total. The molecule has 6 heteroatoms. The zero-order valence-electron chi connectivity index (χ0n) is 9.21. The van der Waals surface area contributed by atoms with Gasteiger partial charge in [0.2, 0.25) is 10.0 Å². The van der Waals surface area contributed by atoms with E-state index < -0.39 is 10.0 Å². The maximum Gasteiger partial charge on any atom is 0.224 e. The molecule has 0 heterocycles. The van der Waals surface area contributed by atoms with Crippen LogP contribution in [-0.2, 0) is 10.0 Å². The molecule has 0 unspecified atom stereocenters. The van der Waals surface area contributed by atoms with Gasteiger partial charge in [0.15, 0.2) is 0 Å². The predicted molar refractivity (Wildman–Crippen MR) is 58.4 cm³/mol. The van der Waals surface area contributed by atoms with Gasteiger partial charge >= 0.3 is 0 Å². The molecular formula is C8H21N3O2S. The summed E-state index contributed by atoms with van der Waals surface area (Å²) < 4.78 is 22.6. The second-order valence-electron chi connectivity index (χ2n) is 3.41. The van der Waals surface area contributed by atoms with Crippen molar-refractivity contribution in [3.63, 3.8) is 0 Å². The first-order valence-electron chi connectivity index (χ1n) is 4.86. The lowest BCUT2D eigenvalue weighted by Crippen LogP contribution is -2.38. The van der Waals surface area contributed by atoms with Crippen molar-refractivity contribution in [3.8, 4) is 0 Å². The van der Waals surface area contributed by atoms with Gasteiger partial charge in [0.25, 0.3) is 0 Å². The van der Waals surface area contributed by atoms with Crippen LogP contribution in [0.5, 0.6) is 0 Å². The largest absolute Gasteiger partial charge is 0.317 e. The number of hydrogen-bond acceptors (Lipinski definition) is 4. The Morgan fingerprint density at radius 1 is 1.21 bits per heavy atom. The van der Waals surface area contributed by atoms with Crippen molar-refractivity contribution in [1.29, 1.82) is 0 Å². The molecule has 0 aliphatic heterocycles. The van der Waals surface area contributed by atoms with E-state index in [1.165, 1.54) is 5.01 Å². The Labute approximate surface area is 86.9 Å². The minimum atomic E-state index is -3.13. The zero-order chi connectivity index (χ0) is 11.0. The fraction of sp³-hybridized carbons (Fsp3) is 1.00. The normalized spacial score (nSPS) is 12.3. The van der Waals surface area contributed by atoms with Crippen LogP contribution in [0.25, 0.3) is 0 Å². The molecule has 0 rings (SSSR count). The first-order valence-corrected chi connectivity index (χ1v) is 6.51. The summed E-state index contributed by atoms with van der Waals surface area (Å²) in [7, 11) is 0.187. The maximum atomic E-state index is 11.3. The van der Waals surface area contributed by atoms with E-state index in [0.717, 1.165) is 19.5 Å². The van der Waals surface area contributed by atoms with Gasteiger partial charge in [0, 0.05) is 14.1 Å². The van der Waals surface area contributed by atoms with Gasteiger partial charge in [-0.1, -0.05) is 6.92 Å². The van der Waals surface area contributed by atoms with Crippen molar-refractivity contribution < 1.29 is 8.42 Å². The summed E-state index contributed by atoms with van der Waals surface area (Å²) in [6.07, 6.45) is 1.71. The van der Waals surface area contributed by atoms with Gasteiger partial charge in [-0.05, 0) is 25.9 Å². The molecule has 0 bridgehead atoms. The fourth-order valence-corrected chi connectivity index (χ4v) is 2.18. The van der Waals surface area contributed by atoms with Gasteiger partial charge in [0.1, 0.15) is 0 Å². The van der Waals surface area contributed by atoms with Crippen LogP contribution >= 0.6 is 0 Å². The summed E-state index contributed by atoms with van der Waals surface area (Å²) in [5.41, 5.74) is 0. The number of hydrazine groups is 1. The Balaban J connectivity index is 3.56. The van der Waals surface area contributed by atoms with Crippen molar-refractivity contribution in [2.75, 3.05) is 32.9 Å². The van der Waals surface area contributed by atoms with E-state index in [9.17, 15) is 8.42 Å². The van der Waals surface area contributed by atoms with E-state index in [4.69, 9.17) is 0 Å². The van der Waals surface area contributed by atoms with Crippen LogP contribution < -0.4 is 10.1 Å². The minimum Gasteiger partial charge on any atom is -0.317 e. The smallest absolute Gasteiger partial charge is 0.224 e. The Morgan fingerprint density at radius 3 is 2.36 bits per heavy atom. The van der Waals surface area contributed by atoms with Crippen LogP contribution in [0.1, 0.15) is 19.8 Å². The molecule has 86 valence electrons. The Morgan fingerprint density at radius 2 is 1.86 bits per heavy atom. The highest BCUT2D eigenvalue weighted by Crippen LogP contribution is 1.89.